The van der Waals surface area contributed by atoms with Gasteiger partial charge in [0.2, 0.25) is 0 Å². The van der Waals surface area contributed by atoms with Gasteiger partial charge in [0.05, 0.1) is 33.5 Å². The summed E-state index contributed by atoms with van der Waals surface area (Å²) in [7, 11) is 0. The first-order valence-corrected chi connectivity index (χ1v) is 23.7. The third-order valence-electron chi connectivity index (χ3n) is 14.2. The summed E-state index contributed by atoms with van der Waals surface area (Å²) in [5.41, 5.74) is 15.4. The van der Waals surface area contributed by atoms with Gasteiger partial charge >= 0.3 is 0 Å². The molecular weight excluding hydrogens is 837 g/mol. The summed E-state index contributed by atoms with van der Waals surface area (Å²) in [5, 5.41) is 11.9. The van der Waals surface area contributed by atoms with Crippen LogP contribution in [-0.2, 0) is 0 Å². The molecule has 2 aromatic heterocycles. The normalized spacial score (nSPS) is 11.8. The summed E-state index contributed by atoms with van der Waals surface area (Å²) < 4.78 is 9.34. The highest BCUT2D eigenvalue weighted by molar-refractivity contribution is 6.21. The second-order valence-electron chi connectivity index (χ2n) is 17.9. The van der Waals surface area contributed by atoms with Gasteiger partial charge < -0.3 is 13.9 Å². The van der Waals surface area contributed by atoms with Gasteiger partial charge in [-0.25, -0.2) is 0 Å². The zero-order valence-electron chi connectivity index (χ0n) is 37.6. The summed E-state index contributed by atoms with van der Waals surface area (Å²) in [6.07, 6.45) is 0. The molecular formula is C66H42N2O. The van der Waals surface area contributed by atoms with Crippen LogP contribution in [0.3, 0.4) is 0 Å². The zero-order chi connectivity index (χ0) is 45.4. The Hall–Kier alpha value is -9.18. The molecule has 0 saturated carbocycles. The molecule has 12 aromatic carbocycles. The van der Waals surface area contributed by atoms with E-state index in [2.05, 4.69) is 264 Å². The third kappa shape index (κ3) is 6.14. The Morgan fingerprint density at radius 2 is 0.870 bits per heavy atom. The largest absolute Gasteiger partial charge is 0.455 e. The molecule has 0 aliphatic heterocycles. The molecule has 322 valence electrons. The summed E-state index contributed by atoms with van der Waals surface area (Å²) in [4.78, 5) is 2.45. The fourth-order valence-corrected chi connectivity index (χ4v) is 11.1. The predicted octanol–water partition coefficient (Wildman–Crippen LogP) is 18.6. The van der Waals surface area contributed by atoms with Gasteiger partial charge in [0.25, 0.3) is 0 Å². The number of para-hydroxylation sites is 2. The lowest BCUT2D eigenvalue weighted by Gasteiger charge is -2.29. The fourth-order valence-electron chi connectivity index (χ4n) is 11.1. The van der Waals surface area contributed by atoms with Gasteiger partial charge in [-0.15, -0.1) is 0 Å². The Morgan fingerprint density at radius 3 is 1.70 bits per heavy atom. The van der Waals surface area contributed by atoms with Crippen molar-refractivity contribution >= 4 is 93.1 Å². The molecule has 14 aromatic rings. The average molecular weight is 879 g/mol. The molecule has 0 N–H and O–H groups in total. The highest BCUT2D eigenvalue weighted by atomic mass is 16.3. The van der Waals surface area contributed by atoms with Crippen LogP contribution < -0.4 is 4.90 Å². The number of benzene rings is 12. The maximum absolute atomic E-state index is 6.89. The monoisotopic (exact) mass is 878 g/mol. The van der Waals surface area contributed by atoms with E-state index in [1.807, 2.05) is 0 Å². The van der Waals surface area contributed by atoms with Gasteiger partial charge in [-0.05, 0) is 104 Å². The topological polar surface area (TPSA) is 21.3 Å². The van der Waals surface area contributed by atoms with E-state index in [-0.39, 0.29) is 0 Å². The molecule has 3 nitrogen and oxygen atoms in total. The van der Waals surface area contributed by atoms with Crippen LogP contribution in [0.2, 0.25) is 0 Å². The number of rotatable bonds is 7. The van der Waals surface area contributed by atoms with Crippen molar-refractivity contribution in [2.45, 2.75) is 0 Å². The first kappa shape index (κ1) is 39.0. The Kier molecular flexibility index (Phi) is 8.90. The zero-order valence-corrected chi connectivity index (χ0v) is 37.6. The maximum Gasteiger partial charge on any atom is 0.145 e. The molecule has 0 aliphatic carbocycles. The van der Waals surface area contributed by atoms with E-state index in [4.69, 9.17) is 4.42 Å². The number of nitrogens with zero attached hydrogens (tertiary/aromatic N) is 2. The summed E-state index contributed by atoms with van der Waals surface area (Å²) in [5.74, 6) is 0. The Balaban J connectivity index is 1.02. The molecule has 0 saturated heterocycles. The van der Waals surface area contributed by atoms with Crippen LogP contribution in [0.1, 0.15) is 0 Å². The van der Waals surface area contributed by atoms with E-state index in [0.29, 0.717) is 0 Å². The lowest BCUT2D eigenvalue weighted by molar-refractivity contribution is 0.670. The molecule has 0 bridgehead atoms. The highest BCUT2D eigenvalue weighted by Gasteiger charge is 2.25. The Bertz CT molecular complexity index is 4300. The molecule has 0 radical (unpaired) electrons. The van der Waals surface area contributed by atoms with E-state index in [9.17, 15) is 0 Å². The molecule has 0 spiro atoms. The molecule has 0 aliphatic rings. The van der Waals surface area contributed by atoms with Crippen LogP contribution >= 0.6 is 0 Å². The molecule has 69 heavy (non-hydrogen) atoms. The number of aromatic nitrogens is 1. The van der Waals surface area contributed by atoms with E-state index in [1.165, 1.54) is 76.7 Å². The third-order valence-corrected chi connectivity index (χ3v) is 14.2. The SMILES string of the molecule is c1ccc(-c2ccc(N(c3ccc(-c4cccc5ccccc45)cc3)c3ccc(-c4cccc5c4c4ccccc4n5-c4cccc5ccccc45)c4ccccc34)c3c2oc2ccccc23)cc1. The smallest absolute Gasteiger partial charge is 0.145 e. The second-order valence-corrected chi connectivity index (χ2v) is 17.9. The van der Waals surface area contributed by atoms with E-state index < -0.39 is 0 Å². The van der Waals surface area contributed by atoms with E-state index in [1.54, 1.807) is 0 Å². The van der Waals surface area contributed by atoms with Gasteiger partial charge in [0.1, 0.15) is 11.2 Å². The van der Waals surface area contributed by atoms with Crippen molar-refractivity contribution in [1.82, 2.24) is 4.57 Å². The van der Waals surface area contributed by atoms with Crippen LogP contribution in [-0.4, -0.2) is 4.57 Å². The average Bonchev–Trinajstić information content (AvgIpc) is 3.98. The lowest BCUT2D eigenvalue weighted by atomic mass is 9.93. The molecule has 0 atom stereocenters. The van der Waals surface area contributed by atoms with Crippen molar-refractivity contribution in [2.24, 2.45) is 0 Å². The Morgan fingerprint density at radius 1 is 0.304 bits per heavy atom. The Labute approximate surface area is 399 Å². The predicted molar refractivity (Wildman–Crippen MR) is 292 cm³/mol. The number of anilines is 3. The van der Waals surface area contributed by atoms with Crippen molar-refractivity contribution in [2.75, 3.05) is 4.90 Å². The minimum Gasteiger partial charge on any atom is -0.455 e. The van der Waals surface area contributed by atoms with Crippen molar-refractivity contribution in [3.05, 3.63) is 255 Å². The molecule has 0 fully saturated rings. The first-order valence-electron chi connectivity index (χ1n) is 23.7. The van der Waals surface area contributed by atoms with Gasteiger partial charge in [-0.2, -0.15) is 0 Å². The van der Waals surface area contributed by atoms with Crippen molar-refractivity contribution in [1.29, 1.82) is 0 Å². The fraction of sp³-hybridized carbons (Fsp3) is 0. The van der Waals surface area contributed by atoms with Crippen molar-refractivity contribution in [3.63, 3.8) is 0 Å². The number of fused-ring (bicyclic) bond motifs is 9. The minimum absolute atomic E-state index is 0.861. The van der Waals surface area contributed by atoms with Crippen LogP contribution in [0, 0.1) is 0 Å². The quantitative estimate of drug-likeness (QED) is 0.159. The first-order chi connectivity index (χ1) is 34.3. The molecule has 0 amide bonds. The van der Waals surface area contributed by atoms with E-state index >= 15 is 0 Å². The standard InChI is InChI=1S/C66H42N2O/c1-2-17-45(18-3-1)51-39-42-62(65-57-28-11-13-34-63(57)69-66(51)65)67(47-37-35-46(36-38-47)49-29-14-21-43-19-4-6-23-48(43)49)60-41-40-53(52-25-8-9-26-54(52)60)55-30-16-33-61-64(55)56-27-10-12-31-59(56)68(61)58-32-15-22-44-20-5-7-24-50(44)58/h1-42H. The summed E-state index contributed by atoms with van der Waals surface area (Å²) in [6, 6.07) is 92.4. The van der Waals surface area contributed by atoms with Crippen molar-refractivity contribution in [3.8, 4) is 39.1 Å². The van der Waals surface area contributed by atoms with Crippen LogP contribution in [0.5, 0.6) is 0 Å². The van der Waals surface area contributed by atoms with Gasteiger partial charge in [-0.3, -0.25) is 0 Å². The minimum atomic E-state index is 0.861. The molecule has 0 unspecified atom stereocenters. The van der Waals surface area contributed by atoms with Crippen LogP contribution in [0.25, 0.3) is 115 Å². The summed E-state index contributed by atoms with van der Waals surface area (Å²) in [6.45, 7) is 0. The highest BCUT2D eigenvalue weighted by Crippen LogP contribution is 2.50. The number of hydrogen-bond acceptors (Lipinski definition) is 2. The second kappa shape index (κ2) is 15.7. The van der Waals surface area contributed by atoms with Crippen molar-refractivity contribution < 1.29 is 4.42 Å². The lowest BCUT2D eigenvalue weighted by Crippen LogP contribution is -2.11. The van der Waals surface area contributed by atoms with E-state index in [0.717, 1.165) is 55.5 Å². The van der Waals surface area contributed by atoms with Crippen LogP contribution in [0.4, 0.5) is 17.1 Å². The van der Waals surface area contributed by atoms with Gasteiger partial charge in [0, 0.05) is 38.2 Å². The number of furan rings is 1. The van der Waals surface area contributed by atoms with Gasteiger partial charge in [-0.1, -0.05) is 200 Å². The maximum atomic E-state index is 6.89. The summed E-state index contributed by atoms with van der Waals surface area (Å²) >= 11 is 0. The molecule has 3 heteroatoms. The molecule has 2 heterocycles. The number of hydrogen-bond donors (Lipinski definition) is 0. The molecule has 14 rings (SSSR count). The van der Waals surface area contributed by atoms with Crippen LogP contribution in [0.15, 0.2) is 259 Å². The van der Waals surface area contributed by atoms with Gasteiger partial charge in [0.15, 0.2) is 0 Å².